The Morgan fingerprint density at radius 3 is 2.93 bits per heavy atom. The van der Waals surface area contributed by atoms with Crippen LogP contribution in [0, 0.1) is 12.7 Å². The Labute approximate surface area is 177 Å². The number of benzene rings is 1. The first-order valence-electron chi connectivity index (χ1n) is 8.58. The van der Waals surface area contributed by atoms with Gasteiger partial charge in [-0.25, -0.2) is 14.1 Å². The van der Waals surface area contributed by atoms with Gasteiger partial charge >= 0.3 is 6.61 Å². The van der Waals surface area contributed by atoms with Crippen molar-refractivity contribution in [3.8, 4) is 5.75 Å². The molecule has 1 atom stereocenters. The predicted molar refractivity (Wildman–Crippen MR) is 109 cm³/mol. The van der Waals surface area contributed by atoms with Gasteiger partial charge in [0, 0.05) is 25.7 Å². The first-order chi connectivity index (χ1) is 13.0. The lowest BCUT2D eigenvalue weighted by atomic mass is 10.1. The number of hydrogen-bond donors (Lipinski definition) is 2. The molecule has 0 aliphatic carbocycles. The van der Waals surface area contributed by atoms with Crippen molar-refractivity contribution in [2.45, 2.75) is 45.5 Å². The second-order valence-corrected chi connectivity index (χ2v) is 6.10. The number of fused-ring (bicyclic) bond motifs is 1. The third-order valence-corrected chi connectivity index (χ3v) is 4.24. The summed E-state index contributed by atoms with van der Waals surface area (Å²) in [4.78, 5) is 8.57. The minimum atomic E-state index is -3.03. The molecule has 0 spiro atoms. The fourth-order valence-electron chi connectivity index (χ4n) is 3.05. The summed E-state index contributed by atoms with van der Waals surface area (Å²) >= 11 is 0. The number of aryl methyl sites for hydroxylation is 2. The van der Waals surface area contributed by atoms with E-state index in [-0.39, 0.29) is 47.9 Å². The molecule has 0 amide bonds. The van der Waals surface area contributed by atoms with E-state index in [9.17, 15) is 13.2 Å². The molecule has 1 aliphatic rings. The Kier molecular flexibility index (Phi) is 7.89. The van der Waals surface area contributed by atoms with Crippen LogP contribution in [0.25, 0.3) is 0 Å². The van der Waals surface area contributed by atoms with Gasteiger partial charge in [-0.3, -0.25) is 4.99 Å². The van der Waals surface area contributed by atoms with Gasteiger partial charge in [0.15, 0.2) is 5.96 Å². The molecule has 0 fully saturated rings. The highest BCUT2D eigenvalue weighted by atomic mass is 127. The van der Waals surface area contributed by atoms with E-state index in [1.165, 1.54) is 18.2 Å². The van der Waals surface area contributed by atoms with Crippen molar-refractivity contribution in [3.63, 3.8) is 0 Å². The molecule has 1 aromatic heterocycles. The molecule has 28 heavy (non-hydrogen) atoms. The number of aliphatic imine (C=N–C) groups is 1. The number of alkyl halides is 2. The maximum Gasteiger partial charge on any atom is 0.387 e. The maximum absolute atomic E-state index is 14.1. The summed E-state index contributed by atoms with van der Waals surface area (Å²) in [5.41, 5.74) is 0.00315. The Bertz CT molecular complexity index is 829. The smallest absolute Gasteiger partial charge is 0.387 e. The number of guanidine groups is 1. The van der Waals surface area contributed by atoms with Crippen LogP contribution in [0.2, 0.25) is 0 Å². The van der Waals surface area contributed by atoms with Gasteiger partial charge < -0.3 is 15.4 Å². The molecular weight excluding hydrogens is 488 g/mol. The van der Waals surface area contributed by atoms with Crippen LogP contribution in [-0.4, -0.2) is 34.4 Å². The molecule has 154 valence electrons. The van der Waals surface area contributed by atoms with E-state index >= 15 is 0 Å². The fourth-order valence-corrected chi connectivity index (χ4v) is 3.05. The van der Waals surface area contributed by atoms with Crippen molar-refractivity contribution in [2.75, 3.05) is 7.05 Å². The van der Waals surface area contributed by atoms with Crippen LogP contribution in [0.5, 0.6) is 5.75 Å². The zero-order valence-corrected chi connectivity index (χ0v) is 17.8. The molecule has 3 rings (SSSR count). The second-order valence-electron chi connectivity index (χ2n) is 6.10. The largest absolute Gasteiger partial charge is 0.434 e. The van der Waals surface area contributed by atoms with E-state index in [1.54, 1.807) is 7.05 Å². The topological polar surface area (TPSA) is 76.4 Å². The summed E-state index contributed by atoms with van der Waals surface area (Å²) in [6.45, 7) is -0.450. The Morgan fingerprint density at radius 1 is 1.43 bits per heavy atom. The highest BCUT2D eigenvalue weighted by Crippen LogP contribution is 2.24. The van der Waals surface area contributed by atoms with Gasteiger partial charge in [0.1, 0.15) is 23.2 Å². The number of aromatic nitrogens is 3. The van der Waals surface area contributed by atoms with Crippen LogP contribution in [-0.2, 0) is 13.1 Å². The van der Waals surface area contributed by atoms with Crippen LogP contribution < -0.4 is 15.4 Å². The number of ether oxygens (including phenoxy) is 1. The van der Waals surface area contributed by atoms with Gasteiger partial charge in [0.2, 0.25) is 0 Å². The zero-order chi connectivity index (χ0) is 19.4. The van der Waals surface area contributed by atoms with Crippen molar-refractivity contribution < 1.29 is 17.9 Å². The minimum absolute atomic E-state index is 0. The molecule has 7 nitrogen and oxygen atoms in total. The molecule has 0 radical (unpaired) electrons. The van der Waals surface area contributed by atoms with E-state index < -0.39 is 12.4 Å². The predicted octanol–water partition coefficient (Wildman–Crippen LogP) is 3.15. The molecule has 1 unspecified atom stereocenters. The fraction of sp³-hybridized carbons (Fsp3) is 0.471. The maximum atomic E-state index is 14.1. The van der Waals surface area contributed by atoms with Crippen LogP contribution >= 0.6 is 24.0 Å². The van der Waals surface area contributed by atoms with Crippen molar-refractivity contribution >= 4 is 29.9 Å². The third-order valence-electron chi connectivity index (χ3n) is 4.24. The molecule has 0 bridgehead atoms. The number of rotatable bonds is 5. The van der Waals surface area contributed by atoms with E-state index in [0.717, 1.165) is 25.2 Å². The van der Waals surface area contributed by atoms with Crippen LogP contribution in [0.4, 0.5) is 13.2 Å². The second kappa shape index (κ2) is 9.94. The van der Waals surface area contributed by atoms with E-state index in [1.807, 2.05) is 11.6 Å². The van der Waals surface area contributed by atoms with Gasteiger partial charge in [0.25, 0.3) is 0 Å². The monoisotopic (exact) mass is 510 g/mol. The number of nitrogens with one attached hydrogen (secondary N) is 2. The number of hydrogen-bond acceptors (Lipinski definition) is 4. The summed E-state index contributed by atoms with van der Waals surface area (Å²) in [6, 6.07) is 3.72. The van der Waals surface area contributed by atoms with Crippen molar-refractivity contribution in [2.24, 2.45) is 4.99 Å². The number of halogens is 4. The standard InChI is InChI=1S/C17H21F3N6O.HI/c1-10-23-15-13(6-4-8-26(15)25-10)24-17(21-2)22-9-11-12(18)5-3-7-14(11)27-16(19)20;/h3,5,7,13,16H,4,6,8-9H2,1-2H3,(H2,21,22,24);1H. The molecule has 0 saturated carbocycles. The molecule has 1 aromatic carbocycles. The normalized spacial score (nSPS) is 16.4. The molecule has 0 saturated heterocycles. The summed E-state index contributed by atoms with van der Waals surface area (Å²) < 4.78 is 45.4. The van der Waals surface area contributed by atoms with Gasteiger partial charge in [-0.2, -0.15) is 13.9 Å². The highest BCUT2D eigenvalue weighted by Gasteiger charge is 2.24. The van der Waals surface area contributed by atoms with E-state index in [0.29, 0.717) is 11.8 Å². The van der Waals surface area contributed by atoms with Crippen molar-refractivity contribution in [1.82, 2.24) is 25.4 Å². The average molecular weight is 510 g/mol. The van der Waals surface area contributed by atoms with Gasteiger partial charge in [-0.1, -0.05) is 6.07 Å². The number of nitrogens with zero attached hydrogens (tertiary/aromatic N) is 4. The Hall–Kier alpha value is -2.05. The molecule has 2 aromatic rings. The molecular formula is C17H22F3IN6O. The molecule has 2 N–H and O–H groups in total. The summed E-state index contributed by atoms with van der Waals surface area (Å²) in [7, 11) is 1.58. The van der Waals surface area contributed by atoms with E-state index in [4.69, 9.17) is 0 Å². The Morgan fingerprint density at radius 2 is 2.21 bits per heavy atom. The quantitative estimate of drug-likeness (QED) is 0.368. The molecule has 11 heteroatoms. The van der Waals surface area contributed by atoms with Crippen LogP contribution in [0.15, 0.2) is 23.2 Å². The Balaban J connectivity index is 0.00000280. The van der Waals surface area contributed by atoms with Crippen LogP contribution in [0.1, 0.15) is 36.1 Å². The minimum Gasteiger partial charge on any atom is -0.434 e. The van der Waals surface area contributed by atoms with E-state index in [2.05, 4.69) is 30.4 Å². The first-order valence-corrected chi connectivity index (χ1v) is 8.58. The lowest BCUT2D eigenvalue weighted by Gasteiger charge is -2.25. The van der Waals surface area contributed by atoms with Gasteiger partial charge in [-0.15, -0.1) is 24.0 Å². The lowest BCUT2D eigenvalue weighted by Crippen LogP contribution is -2.41. The molecule has 1 aliphatic heterocycles. The van der Waals surface area contributed by atoms with Crippen molar-refractivity contribution in [3.05, 3.63) is 41.2 Å². The van der Waals surface area contributed by atoms with Crippen LogP contribution in [0.3, 0.4) is 0 Å². The SMILES string of the molecule is CN=C(NCc1c(F)cccc1OC(F)F)NC1CCCn2nc(C)nc21.I. The third kappa shape index (κ3) is 5.26. The lowest BCUT2D eigenvalue weighted by molar-refractivity contribution is -0.0506. The first kappa shape index (κ1) is 22.2. The highest BCUT2D eigenvalue weighted by molar-refractivity contribution is 14.0. The average Bonchev–Trinajstić information content (AvgIpc) is 3.00. The molecule has 2 heterocycles. The van der Waals surface area contributed by atoms with Gasteiger partial charge in [-0.05, 0) is 31.9 Å². The van der Waals surface area contributed by atoms with Gasteiger partial charge in [0.05, 0.1) is 6.04 Å². The van der Waals surface area contributed by atoms with Crippen molar-refractivity contribution in [1.29, 1.82) is 0 Å². The summed E-state index contributed by atoms with van der Waals surface area (Å²) in [5, 5.41) is 10.5. The summed E-state index contributed by atoms with van der Waals surface area (Å²) in [5.74, 6) is 1.07. The summed E-state index contributed by atoms with van der Waals surface area (Å²) in [6.07, 6.45) is 1.78. The zero-order valence-electron chi connectivity index (χ0n) is 15.5.